The minimum atomic E-state index is -0.286. The molecule has 0 N–H and O–H groups in total. The lowest BCUT2D eigenvalue weighted by atomic mass is 10.2. The third kappa shape index (κ3) is 1.80. The van der Waals surface area contributed by atoms with Gasteiger partial charge in [-0.3, -0.25) is 4.79 Å². The Labute approximate surface area is 66.6 Å². The molecule has 62 valence electrons. The molecule has 1 heterocycles. The zero-order valence-corrected chi connectivity index (χ0v) is 6.75. The van der Waals surface area contributed by atoms with Crippen molar-refractivity contribution in [1.82, 2.24) is 4.90 Å². The van der Waals surface area contributed by atoms with Crippen molar-refractivity contribution >= 4 is 5.91 Å². The Morgan fingerprint density at radius 2 is 2.64 bits per heavy atom. The average Bonchev–Trinajstić information content (AvgIpc) is 1.99. The van der Waals surface area contributed by atoms with Crippen LogP contribution in [0, 0.1) is 0 Å². The van der Waals surface area contributed by atoms with E-state index in [1.54, 1.807) is 18.0 Å². The summed E-state index contributed by atoms with van der Waals surface area (Å²) in [5.41, 5.74) is 0. The number of carbonyl (C=O) groups excluding carboxylic acids is 1. The van der Waals surface area contributed by atoms with Crippen LogP contribution in [0.1, 0.15) is 6.42 Å². The monoisotopic (exact) mass is 155 g/mol. The van der Waals surface area contributed by atoms with Crippen molar-refractivity contribution in [2.75, 3.05) is 20.2 Å². The van der Waals surface area contributed by atoms with Crippen LogP contribution in [0.5, 0.6) is 0 Å². The average molecular weight is 155 g/mol. The summed E-state index contributed by atoms with van der Waals surface area (Å²) in [7, 11) is 1.79. The van der Waals surface area contributed by atoms with E-state index < -0.39 is 0 Å². The molecular weight excluding hydrogens is 142 g/mol. The number of morpholine rings is 1. The summed E-state index contributed by atoms with van der Waals surface area (Å²) < 4.78 is 5.24. The summed E-state index contributed by atoms with van der Waals surface area (Å²) in [5.74, 6) is 0.0659. The Hall–Kier alpha value is -0.830. The predicted octanol–water partition coefficient (Wildman–Crippen LogP) is 0.420. The van der Waals surface area contributed by atoms with E-state index >= 15 is 0 Å². The topological polar surface area (TPSA) is 29.5 Å². The fraction of sp³-hybridized carbons (Fsp3) is 0.625. The largest absolute Gasteiger partial charge is 0.366 e. The highest BCUT2D eigenvalue weighted by atomic mass is 16.5. The predicted molar refractivity (Wildman–Crippen MR) is 42.2 cm³/mol. The molecule has 1 aliphatic heterocycles. The molecule has 0 saturated carbocycles. The Morgan fingerprint density at radius 3 is 3.27 bits per heavy atom. The highest BCUT2D eigenvalue weighted by Crippen LogP contribution is 2.08. The molecule has 1 unspecified atom stereocenters. The minimum absolute atomic E-state index is 0.0659. The highest BCUT2D eigenvalue weighted by Gasteiger charge is 2.25. The van der Waals surface area contributed by atoms with Crippen molar-refractivity contribution in [2.45, 2.75) is 12.5 Å². The van der Waals surface area contributed by atoms with Gasteiger partial charge in [0.2, 0.25) is 0 Å². The maximum atomic E-state index is 11.3. The van der Waals surface area contributed by atoms with Crippen LogP contribution in [-0.4, -0.2) is 37.1 Å². The third-order valence-electron chi connectivity index (χ3n) is 1.78. The Balaban J connectivity index is 2.51. The Kier molecular flexibility index (Phi) is 2.65. The van der Waals surface area contributed by atoms with Gasteiger partial charge in [-0.25, -0.2) is 0 Å². The van der Waals surface area contributed by atoms with Gasteiger partial charge in [-0.15, -0.1) is 6.58 Å². The first-order valence-electron chi connectivity index (χ1n) is 3.73. The van der Waals surface area contributed by atoms with Crippen LogP contribution in [-0.2, 0) is 9.53 Å². The summed E-state index contributed by atoms with van der Waals surface area (Å²) in [4.78, 5) is 13.0. The Morgan fingerprint density at radius 1 is 1.91 bits per heavy atom. The minimum Gasteiger partial charge on any atom is -0.366 e. The van der Waals surface area contributed by atoms with E-state index in [1.807, 2.05) is 0 Å². The lowest BCUT2D eigenvalue weighted by molar-refractivity contribution is -0.150. The highest BCUT2D eigenvalue weighted by molar-refractivity contribution is 5.81. The van der Waals surface area contributed by atoms with E-state index in [0.29, 0.717) is 19.6 Å². The molecule has 0 aromatic heterocycles. The molecule has 0 aromatic rings. The summed E-state index contributed by atoms with van der Waals surface area (Å²) in [6, 6.07) is 0. The summed E-state index contributed by atoms with van der Waals surface area (Å²) in [6.45, 7) is 4.90. The molecule has 1 rings (SSSR count). The number of amides is 1. The molecule has 11 heavy (non-hydrogen) atoms. The normalized spacial score (nSPS) is 25.4. The first-order valence-corrected chi connectivity index (χ1v) is 3.73. The van der Waals surface area contributed by atoms with Crippen molar-refractivity contribution in [3.8, 4) is 0 Å². The van der Waals surface area contributed by atoms with Gasteiger partial charge < -0.3 is 9.64 Å². The zero-order chi connectivity index (χ0) is 8.27. The second-order valence-corrected chi connectivity index (χ2v) is 2.64. The maximum Gasteiger partial charge on any atom is 0.251 e. The van der Waals surface area contributed by atoms with Gasteiger partial charge in [-0.05, 0) is 0 Å². The SMILES string of the molecule is C=CCC1OCCN(C)C1=O. The quantitative estimate of drug-likeness (QED) is 0.541. The molecule has 0 bridgehead atoms. The van der Waals surface area contributed by atoms with Crippen LogP contribution < -0.4 is 0 Å². The summed E-state index contributed by atoms with van der Waals surface area (Å²) >= 11 is 0. The van der Waals surface area contributed by atoms with Gasteiger partial charge in [0.15, 0.2) is 0 Å². The molecular formula is C8H13NO2. The van der Waals surface area contributed by atoms with E-state index in [9.17, 15) is 4.79 Å². The van der Waals surface area contributed by atoms with Gasteiger partial charge in [-0.1, -0.05) is 6.08 Å². The van der Waals surface area contributed by atoms with Gasteiger partial charge in [-0.2, -0.15) is 0 Å². The summed E-state index contributed by atoms with van der Waals surface area (Å²) in [6.07, 6.45) is 2.04. The molecule has 0 aliphatic carbocycles. The van der Waals surface area contributed by atoms with Crippen molar-refractivity contribution in [3.63, 3.8) is 0 Å². The molecule has 1 aliphatic rings. The lowest BCUT2D eigenvalue weighted by Gasteiger charge is -2.28. The lowest BCUT2D eigenvalue weighted by Crippen LogP contribution is -2.45. The zero-order valence-electron chi connectivity index (χ0n) is 6.75. The molecule has 3 heteroatoms. The van der Waals surface area contributed by atoms with Gasteiger partial charge >= 0.3 is 0 Å². The smallest absolute Gasteiger partial charge is 0.251 e. The van der Waals surface area contributed by atoms with Crippen LogP contribution in [0.3, 0.4) is 0 Å². The second-order valence-electron chi connectivity index (χ2n) is 2.64. The fourth-order valence-corrected chi connectivity index (χ4v) is 1.08. The maximum absolute atomic E-state index is 11.3. The van der Waals surface area contributed by atoms with Gasteiger partial charge in [0.05, 0.1) is 6.61 Å². The van der Waals surface area contributed by atoms with Crippen molar-refractivity contribution in [3.05, 3.63) is 12.7 Å². The Bertz CT molecular complexity index is 167. The number of nitrogens with zero attached hydrogens (tertiary/aromatic N) is 1. The summed E-state index contributed by atoms with van der Waals surface area (Å²) in [5, 5.41) is 0. The number of hydrogen-bond donors (Lipinski definition) is 0. The van der Waals surface area contributed by atoms with Crippen LogP contribution in [0.2, 0.25) is 0 Å². The standard InChI is InChI=1S/C8H13NO2/c1-3-4-7-8(10)9(2)5-6-11-7/h3,7H,1,4-6H2,2H3. The first-order chi connectivity index (χ1) is 5.25. The van der Waals surface area contributed by atoms with Crippen LogP contribution in [0.4, 0.5) is 0 Å². The fourth-order valence-electron chi connectivity index (χ4n) is 1.08. The van der Waals surface area contributed by atoms with E-state index in [4.69, 9.17) is 4.74 Å². The molecule has 1 atom stereocenters. The molecule has 1 saturated heterocycles. The number of likely N-dealkylation sites (N-methyl/N-ethyl adjacent to an activating group) is 1. The molecule has 0 radical (unpaired) electrons. The molecule has 3 nitrogen and oxygen atoms in total. The molecule has 0 aromatic carbocycles. The van der Waals surface area contributed by atoms with Gasteiger partial charge in [0.25, 0.3) is 5.91 Å². The van der Waals surface area contributed by atoms with Crippen molar-refractivity contribution < 1.29 is 9.53 Å². The van der Waals surface area contributed by atoms with E-state index in [2.05, 4.69) is 6.58 Å². The number of rotatable bonds is 2. The van der Waals surface area contributed by atoms with Gasteiger partial charge in [0, 0.05) is 20.0 Å². The number of ether oxygens (including phenoxy) is 1. The second kappa shape index (κ2) is 3.53. The van der Waals surface area contributed by atoms with Crippen molar-refractivity contribution in [1.29, 1.82) is 0 Å². The molecule has 1 fully saturated rings. The molecule has 1 amide bonds. The van der Waals surface area contributed by atoms with Crippen LogP contribution in [0.25, 0.3) is 0 Å². The van der Waals surface area contributed by atoms with Gasteiger partial charge in [0.1, 0.15) is 6.10 Å². The first kappa shape index (κ1) is 8.27. The third-order valence-corrected chi connectivity index (χ3v) is 1.78. The van der Waals surface area contributed by atoms with E-state index in [1.165, 1.54) is 0 Å². The molecule has 0 spiro atoms. The van der Waals surface area contributed by atoms with E-state index in [-0.39, 0.29) is 12.0 Å². The van der Waals surface area contributed by atoms with E-state index in [0.717, 1.165) is 0 Å². The van der Waals surface area contributed by atoms with Crippen LogP contribution >= 0.6 is 0 Å². The van der Waals surface area contributed by atoms with Crippen LogP contribution in [0.15, 0.2) is 12.7 Å². The van der Waals surface area contributed by atoms with Crippen molar-refractivity contribution in [2.24, 2.45) is 0 Å². The number of carbonyl (C=O) groups is 1. The number of hydrogen-bond acceptors (Lipinski definition) is 2.